The van der Waals surface area contributed by atoms with Crippen LogP contribution in [-0.2, 0) is 6.54 Å². The lowest BCUT2D eigenvalue weighted by atomic mass is 9.89. The molecule has 0 radical (unpaired) electrons. The molecule has 2 aromatic rings. The Morgan fingerprint density at radius 2 is 1.89 bits per heavy atom. The molecule has 1 aliphatic carbocycles. The first-order valence-corrected chi connectivity index (χ1v) is 10.7. The van der Waals surface area contributed by atoms with Gasteiger partial charge in [-0.3, -0.25) is 0 Å². The van der Waals surface area contributed by atoms with E-state index in [4.69, 9.17) is 14.0 Å². The third kappa shape index (κ3) is 4.76. The van der Waals surface area contributed by atoms with Crippen LogP contribution in [0.4, 0.5) is 0 Å². The lowest BCUT2D eigenvalue weighted by Crippen LogP contribution is -2.19. The van der Waals surface area contributed by atoms with Crippen LogP contribution in [-0.4, -0.2) is 30.6 Å². The maximum absolute atomic E-state index is 5.53. The van der Waals surface area contributed by atoms with Gasteiger partial charge in [0.2, 0.25) is 5.89 Å². The molecule has 1 unspecified atom stereocenters. The van der Waals surface area contributed by atoms with Gasteiger partial charge < -0.3 is 19.3 Å². The molecule has 6 nitrogen and oxygen atoms in total. The molecule has 3 rings (SSSR count). The molecule has 1 aromatic heterocycles. The number of nitrogens with one attached hydrogen (secondary N) is 1. The van der Waals surface area contributed by atoms with Crippen LogP contribution in [0.15, 0.2) is 21.6 Å². The minimum Gasteiger partial charge on any atom is -0.493 e. The van der Waals surface area contributed by atoms with E-state index >= 15 is 0 Å². The highest BCUT2D eigenvalue weighted by Gasteiger charge is 2.23. The van der Waals surface area contributed by atoms with E-state index in [0.717, 1.165) is 27.8 Å². The Morgan fingerprint density at radius 1 is 1.19 bits per heavy atom. The van der Waals surface area contributed by atoms with Crippen molar-refractivity contribution in [3.05, 3.63) is 29.4 Å². The number of ether oxygens (including phenoxy) is 2. The largest absolute Gasteiger partial charge is 0.493 e. The van der Waals surface area contributed by atoms with Crippen molar-refractivity contribution in [3.8, 4) is 11.5 Å². The van der Waals surface area contributed by atoms with E-state index in [0.29, 0.717) is 18.4 Å². The number of aromatic nitrogens is 2. The SMILES string of the molecule is COc1cc(CNC(C)c2nc(C3CCCCC3)no2)c(SC)cc1OC. The highest BCUT2D eigenvalue weighted by molar-refractivity contribution is 7.98. The Balaban J connectivity index is 1.66. The Bertz CT molecular complexity index is 744. The van der Waals surface area contributed by atoms with Gasteiger partial charge in [0.15, 0.2) is 17.3 Å². The van der Waals surface area contributed by atoms with Crippen LogP contribution in [0.1, 0.15) is 68.3 Å². The van der Waals surface area contributed by atoms with E-state index in [1.807, 2.05) is 12.1 Å². The molecule has 1 saturated carbocycles. The van der Waals surface area contributed by atoms with Gasteiger partial charge in [0.05, 0.1) is 20.3 Å². The number of hydrogen-bond donors (Lipinski definition) is 1. The van der Waals surface area contributed by atoms with Gasteiger partial charge in [0.1, 0.15) is 0 Å². The number of thioether (sulfide) groups is 1. The van der Waals surface area contributed by atoms with Gasteiger partial charge >= 0.3 is 0 Å². The van der Waals surface area contributed by atoms with Crippen molar-refractivity contribution >= 4 is 11.8 Å². The average Bonchev–Trinajstić information content (AvgIpc) is 3.22. The normalized spacial score (nSPS) is 16.3. The molecule has 148 valence electrons. The number of methoxy groups -OCH3 is 2. The molecule has 27 heavy (non-hydrogen) atoms. The summed E-state index contributed by atoms with van der Waals surface area (Å²) in [5, 5.41) is 7.72. The number of benzene rings is 1. The van der Waals surface area contributed by atoms with Crippen LogP contribution < -0.4 is 14.8 Å². The zero-order chi connectivity index (χ0) is 19.2. The quantitative estimate of drug-likeness (QED) is 0.654. The van der Waals surface area contributed by atoms with E-state index in [-0.39, 0.29) is 6.04 Å². The molecule has 7 heteroatoms. The van der Waals surface area contributed by atoms with Crippen molar-refractivity contribution in [3.63, 3.8) is 0 Å². The summed E-state index contributed by atoms with van der Waals surface area (Å²) >= 11 is 1.69. The zero-order valence-electron chi connectivity index (χ0n) is 16.6. The van der Waals surface area contributed by atoms with Crippen LogP contribution in [0.5, 0.6) is 11.5 Å². The van der Waals surface area contributed by atoms with Gasteiger partial charge in [0, 0.05) is 17.4 Å². The van der Waals surface area contributed by atoms with Crippen molar-refractivity contribution in [2.45, 2.75) is 62.4 Å². The first-order chi connectivity index (χ1) is 13.2. The first kappa shape index (κ1) is 20.0. The molecule has 1 fully saturated rings. The molecule has 1 aliphatic rings. The van der Waals surface area contributed by atoms with E-state index in [1.54, 1.807) is 26.0 Å². The van der Waals surface area contributed by atoms with Gasteiger partial charge in [-0.15, -0.1) is 11.8 Å². The fourth-order valence-corrected chi connectivity index (χ4v) is 4.15. The van der Waals surface area contributed by atoms with Crippen LogP contribution in [0.2, 0.25) is 0 Å². The van der Waals surface area contributed by atoms with Gasteiger partial charge in [0.25, 0.3) is 0 Å². The molecule has 0 bridgehead atoms. The second-order valence-corrected chi connectivity index (χ2v) is 7.80. The Labute approximate surface area is 165 Å². The van der Waals surface area contributed by atoms with Crippen molar-refractivity contribution in [1.29, 1.82) is 0 Å². The molecule has 0 aliphatic heterocycles. The highest BCUT2D eigenvalue weighted by atomic mass is 32.2. The summed E-state index contributed by atoms with van der Waals surface area (Å²) in [6.07, 6.45) is 8.25. The Hall–Kier alpha value is -1.73. The molecule has 1 heterocycles. The average molecular weight is 392 g/mol. The summed E-state index contributed by atoms with van der Waals surface area (Å²) in [4.78, 5) is 5.81. The van der Waals surface area contributed by atoms with Crippen LogP contribution in [0.25, 0.3) is 0 Å². The third-order valence-corrected chi connectivity index (χ3v) is 6.00. The summed E-state index contributed by atoms with van der Waals surface area (Å²) in [6.45, 7) is 2.73. The molecule has 0 amide bonds. The summed E-state index contributed by atoms with van der Waals surface area (Å²) in [5.41, 5.74) is 1.15. The molecular formula is C20H29N3O3S. The summed E-state index contributed by atoms with van der Waals surface area (Å²) < 4.78 is 16.4. The van der Waals surface area contributed by atoms with Gasteiger partial charge in [-0.2, -0.15) is 4.98 Å². The van der Waals surface area contributed by atoms with E-state index in [9.17, 15) is 0 Å². The van der Waals surface area contributed by atoms with E-state index < -0.39 is 0 Å². The minimum absolute atomic E-state index is 0.0161. The topological polar surface area (TPSA) is 69.4 Å². The van der Waals surface area contributed by atoms with Gasteiger partial charge in [-0.05, 0) is 43.7 Å². The second-order valence-electron chi connectivity index (χ2n) is 6.95. The maximum Gasteiger partial charge on any atom is 0.243 e. The first-order valence-electron chi connectivity index (χ1n) is 9.52. The van der Waals surface area contributed by atoms with E-state index in [1.165, 1.54) is 32.1 Å². The smallest absolute Gasteiger partial charge is 0.243 e. The molecule has 1 N–H and O–H groups in total. The summed E-state index contributed by atoms with van der Waals surface area (Å²) in [5.74, 6) is 3.46. The minimum atomic E-state index is -0.0161. The second kappa shape index (κ2) is 9.46. The predicted octanol–water partition coefficient (Wildman–Crippen LogP) is 4.71. The van der Waals surface area contributed by atoms with Crippen molar-refractivity contribution in [2.75, 3.05) is 20.5 Å². The predicted molar refractivity (Wildman–Crippen MR) is 107 cm³/mol. The van der Waals surface area contributed by atoms with Crippen molar-refractivity contribution in [2.24, 2.45) is 0 Å². The summed E-state index contributed by atoms with van der Waals surface area (Å²) in [7, 11) is 3.31. The number of hydrogen-bond acceptors (Lipinski definition) is 7. The monoisotopic (exact) mass is 391 g/mol. The van der Waals surface area contributed by atoms with Crippen LogP contribution in [0.3, 0.4) is 0 Å². The summed E-state index contributed by atoms with van der Waals surface area (Å²) in [6, 6.07) is 4.02. The molecule has 0 spiro atoms. The fraction of sp³-hybridized carbons (Fsp3) is 0.600. The van der Waals surface area contributed by atoms with Crippen LogP contribution >= 0.6 is 11.8 Å². The standard InChI is InChI=1S/C20H29N3O3S/c1-13(20-22-19(23-26-20)14-8-6-5-7-9-14)21-12-15-10-16(24-2)17(25-3)11-18(15)27-4/h10-11,13-14,21H,5-9,12H2,1-4H3. The fourth-order valence-electron chi connectivity index (χ4n) is 3.53. The number of rotatable bonds is 8. The maximum atomic E-state index is 5.53. The molecular weight excluding hydrogens is 362 g/mol. The Kier molecular flexibility index (Phi) is 7.01. The highest BCUT2D eigenvalue weighted by Crippen LogP contribution is 2.35. The third-order valence-electron chi connectivity index (χ3n) is 5.18. The molecule has 1 atom stereocenters. The lowest BCUT2D eigenvalue weighted by Gasteiger charge is -2.17. The van der Waals surface area contributed by atoms with Crippen molar-refractivity contribution < 1.29 is 14.0 Å². The van der Waals surface area contributed by atoms with Gasteiger partial charge in [-0.25, -0.2) is 0 Å². The Morgan fingerprint density at radius 3 is 2.56 bits per heavy atom. The van der Waals surface area contributed by atoms with E-state index in [2.05, 4.69) is 28.6 Å². The number of nitrogens with zero attached hydrogens (tertiary/aromatic N) is 2. The lowest BCUT2D eigenvalue weighted by molar-refractivity contribution is 0.328. The van der Waals surface area contributed by atoms with Crippen molar-refractivity contribution in [1.82, 2.24) is 15.5 Å². The molecule has 0 saturated heterocycles. The van der Waals surface area contributed by atoms with Gasteiger partial charge in [-0.1, -0.05) is 24.4 Å². The van der Waals surface area contributed by atoms with Crippen LogP contribution in [0, 0.1) is 0 Å². The molecule has 1 aromatic carbocycles. The zero-order valence-corrected chi connectivity index (χ0v) is 17.4.